The van der Waals surface area contributed by atoms with Crippen molar-refractivity contribution in [3.8, 4) is 0 Å². The summed E-state index contributed by atoms with van der Waals surface area (Å²) in [5.41, 5.74) is 1.08. The molecule has 1 nitrogen and oxygen atoms in total. The monoisotopic (exact) mass is 376 g/mol. The number of rotatable bonds is 0. The van der Waals surface area contributed by atoms with E-state index >= 15 is 0 Å². The Morgan fingerprint density at radius 3 is 1.50 bits per heavy atom. The van der Waals surface area contributed by atoms with Crippen LogP contribution >= 0.6 is 0 Å². The fraction of sp³-hybridized carbons (Fsp3) is 0.500. The minimum absolute atomic E-state index is 0. The molecule has 0 amide bonds. The van der Waals surface area contributed by atoms with Crippen LogP contribution in [0.3, 0.4) is 0 Å². The molecule has 0 spiro atoms. The summed E-state index contributed by atoms with van der Waals surface area (Å²) in [6.45, 7) is 12.0. The quantitative estimate of drug-likeness (QED) is 0.523. The number of hydrogen-bond acceptors (Lipinski definition) is 0. The molecule has 1 heterocycles. The van der Waals surface area contributed by atoms with Crippen LogP contribution in [0, 0.1) is 44.4 Å². The zero-order chi connectivity index (χ0) is 14.0. The smallest absolute Gasteiger partial charge is 0.664 e. The molecule has 22 heavy (non-hydrogen) atoms. The zero-order valence-corrected chi connectivity index (χ0v) is 17.8. The van der Waals surface area contributed by atoms with Crippen LogP contribution in [0.1, 0.15) is 34.6 Å². The number of aromatic nitrogens is 1. The van der Waals surface area contributed by atoms with Gasteiger partial charge in [-0.15, -0.1) is 5.52 Å². The molecule has 1 aromatic carbocycles. The van der Waals surface area contributed by atoms with E-state index in [9.17, 15) is 0 Å². The average molecular weight is 378 g/mol. The molecule has 2 heteroatoms. The van der Waals surface area contributed by atoms with E-state index in [4.69, 9.17) is 0 Å². The molecule has 0 bridgehead atoms. The fourth-order valence-corrected chi connectivity index (χ4v) is 3.34. The van der Waals surface area contributed by atoms with Gasteiger partial charge in [-0.05, 0) is 35.0 Å². The molecule has 1 saturated carbocycles. The molecule has 0 unspecified atom stereocenters. The Morgan fingerprint density at radius 1 is 0.682 bits per heavy atom. The van der Waals surface area contributed by atoms with Gasteiger partial charge < -0.3 is 19.8 Å². The SMILES string of the molecule is CC1C(C)C(C)C(C)C1C.[CH3-].[CH3-].[Zr+4].c1ccc2[n-]ccc2c1. The van der Waals surface area contributed by atoms with Crippen LogP contribution in [0.25, 0.3) is 10.9 Å². The zero-order valence-electron chi connectivity index (χ0n) is 15.3. The van der Waals surface area contributed by atoms with Crippen molar-refractivity contribution in [1.29, 1.82) is 0 Å². The second kappa shape index (κ2) is 10.4. The molecule has 1 aliphatic carbocycles. The van der Waals surface area contributed by atoms with Gasteiger partial charge in [0.15, 0.2) is 0 Å². The Balaban J connectivity index is 0. The molecule has 1 aromatic heterocycles. The summed E-state index contributed by atoms with van der Waals surface area (Å²) in [4.78, 5) is 4.12. The first-order valence-corrected chi connectivity index (χ1v) is 7.48. The van der Waals surface area contributed by atoms with E-state index in [1.54, 1.807) is 0 Å². The summed E-state index contributed by atoms with van der Waals surface area (Å²) in [5, 5.41) is 1.22. The van der Waals surface area contributed by atoms with E-state index in [0.29, 0.717) is 0 Å². The Kier molecular flexibility index (Phi) is 11.3. The number of hydrogen-bond donors (Lipinski definition) is 0. The number of fused-ring (bicyclic) bond motifs is 1. The van der Waals surface area contributed by atoms with E-state index in [1.165, 1.54) is 5.39 Å². The van der Waals surface area contributed by atoms with Crippen molar-refractivity contribution in [2.24, 2.45) is 29.6 Å². The Morgan fingerprint density at radius 2 is 1.09 bits per heavy atom. The van der Waals surface area contributed by atoms with Crippen LogP contribution < -0.4 is 4.98 Å². The third-order valence-electron chi connectivity index (χ3n) is 5.55. The molecule has 2 aromatic rings. The Labute approximate surface area is 157 Å². The summed E-state index contributed by atoms with van der Waals surface area (Å²) in [5.74, 6) is 4.68. The summed E-state index contributed by atoms with van der Waals surface area (Å²) in [7, 11) is 0. The van der Waals surface area contributed by atoms with Gasteiger partial charge in [-0.3, -0.25) is 0 Å². The van der Waals surface area contributed by atoms with Gasteiger partial charge in [-0.1, -0.05) is 65.0 Å². The molecular formula is C20H32NZr+. The molecule has 1 aliphatic rings. The largest absolute Gasteiger partial charge is 4.00 e. The first-order chi connectivity index (χ1) is 9.02. The van der Waals surface area contributed by atoms with Gasteiger partial charge in [0.05, 0.1) is 0 Å². The predicted octanol–water partition coefficient (Wildman–Crippen LogP) is 5.88. The first kappa shape index (κ1) is 23.9. The van der Waals surface area contributed by atoms with E-state index in [1.807, 2.05) is 30.5 Å². The third kappa shape index (κ3) is 5.08. The summed E-state index contributed by atoms with van der Waals surface area (Å²) in [6.07, 6.45) is 1.82. The molecule has 1 fully saturated rings. The van der Waals surface area contributed by atoms with Gasteiger partial charge in [0.1, 0.15) is 0 Å². The van der Waals surface area contributed by atoms with Crippen molar-refractivity contribution in [3.05, 3.63) is 51.4 Å². The second-order valence-electron chi connectivity index (χ2n) is 6.30. The minimum Gasteiger partial charge on any atom is -0.664 e. The molecule has 120 valence electrons. The second-order valence-corrected chi connectivity index (χ2v) is 6.30. The van der Waals surface area contributed by atoms with Gasteiger partial charge in [0, 0.05) is 0 Å². The molecular weight excluding hydrogens is 345 g/mol. The van der Waals surface area contributed by atoms with Crippen LogP contribution in [-0.2, 0) is 26.2 Å². The van der Waals surface area contributed by atoms with Crippen LogP contribution in [0.15, 0.2) is 36.5 Å². The standard InChI is InChI=1S/C10H20.C8H6N.2CH3.Zr/c1-6-7(2)9(4)10(5)8(6)3;1-2-4-8-7(3-1)5-6-9-8;;;/h6-10H,1-5H3;1-6H;2*1H3;/q;3*-1;+4. The van der Waals surface area contributed by atoms with Crippen LogP contribution in [0.4, 0.5) is 0 Å². The van der Waals surface area contributed by atoms with Gasteiger partial charge in [-0.2, -0.15) is 6.20 Å². The van der Waals surface area contributed by atoms with Crippen molar-refractivity contribution >= 4 is 10.9 Å². The topological polar surface area (TPSA) is 14.1 Å². The molecule has 3 rings (SSSR count). The maximum atomic E-state index is 4.12. The van der Waals surface area contributed by atoms with Crippen LogP contribution in [0.2, 0.25) is 0 Å². The Hall–Kier alpha value is -0.357. The molecule has 0 radical (unpaired) electrons. The van der Waals surface area contributed by atoms with Gasteiger partial charge >= 0.3 is 26.2 Å². The number of benzene rings is 1. The van der Waals surface area contributed by atoms with Gasteiger partial charge in [-0.25, -0.2) is 0 Å². The maximum absolute atomic E-state index is 4.12. The first-order valence-electron chi connectivity index (χ1n) is 7.48. The molecule has 0 aliphatic heterocycles. The third-order valence-corrected chi connectivity index (χ3v) is 5.55. The normalized spacial score (nSPS) is 29.4. The minimum atomic E-state index is 0. The van der Waals surface area contributed by atoms with E-state index < -0.39 is 0 Å². The van der Waals surface area contributed by atoms with E-state index in [2.05, 4.69) is 45.7 Å². The van der Waals surface area contributed by atoms with Gasteiger partial charge in [0.25, 0.3) is 0 Å². The van der Waals surface area contributed by atoms with Crippen molar-refractivity contribution in [2.45, 2.75) is 34.6 Å². The molecule has 0 N–H and O–H groups in total. The van der Waals surface area contributed by atoms with Crippen molar-refractivity contribution in [3.63, 3.8) is 0 Å². The van der Waals surface area contributed by atoms with Crippen LogP contribution in [0.5, 0.6) is 0 Å². The molecule has 0 saturated heterocycles. The summed E-state index contributed by atoms with van der Waals surface area (Å²) >= 11 is 0. The van der Waals surface area contributed by atoms with Gasteiger partial charge in [0.2, 0.25) is 0 Å². The van der Waals surface area contributed by atoms with E-state index in [-0.39, 0.29) is 41.1 Å². The number of nitrogens with zero attached hydrogens (tertiary/aromatic N) is 1. The number of para-hydroxylation sites is 1. The van der Waals surface area contributed by atoms with Crippen molar-refractivity contribution in [1.82, 2.24) is 4.98 Å². The van der Waals surface area contributed by atoms with Crippen molar-refractivity contribution in [2.75, 3.05) is 0 Å². The Bertz CT molecular complexity index is 444. The van der Waals surface area contributed by atoms with Crippen molar-refractivity contribution < 1.29 is 26.2 Å². The summed E-state index contributed by atoms with van der Waals surface area (Å²) in [6, 6.07) is 10.1. The maximum Gasteiger partial charge on any atom is 4.00 e. The summed E-state index contributed by atoms with van der Waals surface area (Å²) < 4.78 is 0. The van der Waals surface area contributed by atoms with Crippen LogP contribution in [-0.4, -0.2) is 0 Å². The van der Waals surface area contributed by atoms with E-state index in [0.717, 1.165) is 35.1 Å². The predicted molar refractivity (Wildman–Crippen MR) is 95.9 cm³/mol. The average Bonchev–Trinajstić information content (AvgIpc) is 2.97. The fourth-order valence-electron chi connectivity index (χ4n) is 3.34. The molecule has 0 atom stereocenters.